The second-order valence-corrected chi connectivity index (χ2v) is 2.77. The van der Waals surface area contributed by atoms with E-state index in [9.17, 15) is 19.3 Å². The van der Waals surface area contributed by atoms with E-state index < -0.39 is 27.9 Å². The Bertz CT molecular complexity index is 382. The molecule has 0 aliphatic carbocycles. The first kappa shape index (κ1) is 10.1. The number of nitrogens with zero attached hydrogens (tertiary/aromatic N) is 1. The first-order chi connectivity index (χ1) is 6.43. The van der Waals surface area contributed by atoms with Crippen LogP contribution in [0.1, 0.15) is 15.9 Å². The summed E-state index contributed by atoms with van der Waals surface area (Å²) in [5.41, 5.74) is 4.06. The van der Waals surface area contributed by atoms with Crippen LogP contribution in [-0.2, 0) is 0 Å². The highest BCUT2D eigenvalue weighted by Gasteiger charge is 2.21. The zero-order valence-corrected chi connectivity index (χ0v) is 7.28. The van der Waals surface area contributed by atoms with Gasteiger partial charge >= 0.3 is 5.69 Å². The molecule has 1 aromatic rings. The van der Waals surface area contributed by atoms with E-state index in [0.717, 1.165) is 6.07 Å². The Kier molecular flexibility index (Phi) is 2.46. The summed E-state index contributed by atoms with van der Waals surface area (Å²) in [6.45, 7) is 1.51. The highest BCUT2D eigenvalue weighted by molar-refractivity contribution is 5.94. The second-order valence-electron chi connectivity index (χ2n) is 2.77. The number of rotatable bonds is 2. The van der Waals surface area contributed by atoms with Crippen molar-refractivity contribution in [1.29, 1.82) is 0 Å². The Labute approximate surface area is 78.5 Å². The van der Waals surface area contributed by atoms with Crippen molar-refractivity contribution in [1.82, 2.24) is 0 Å². The molecule has 1 amide bonds. The molecule has 1 rings (SSSR count). The minimum absolute atomic E-state index is 0.409. The summed E-state index contributed by atoms with van der Waals surface area (Å²) in [7, 11) is 0. The number of hydrogen-bond donors (Lipinski definition) is 1. The van der Waals surface area contributed by atoms with E-state index >= 15 is 0 Å². The van der Waals surface area contributed by atoms with E-state index in [-0.39, 0.29) is 0 Å². The van der Waals surface area contributed by atoms with Crippen LogP contribution in [0.4, 0.5) is 10.1 Å². The Morgan fingerprint density at radius 3 is 2.57 bits per heavy atom. The van der Waals surface area contributed by atoms with E-state index in [4.69, 9.17) is 5.73 Å². The van der Waals surface area contributed by atoms with E-state index in [1.807, 2.05) is 0 Å². The highest BCUT2D eigenvalue weighted by atomic mass is 19.1. The molecule has 74 valence electrons. The Morgan fingerprint density at radius 1 is 1.57 bits per heavy atom. The fourth-order valence-corrected chi connectivity index (χ4v) is 1.06. The smallest absolute Gasteiger partial charge is 0.305 e. The number of halogens is 1. The van der Waals surface area contributed by atoms with Crippen molar-refractivity contribution in [2.75, 3.05) is 0 Å². The van der Waals surface area contributed by atoms with Crippen molar-refractivity contribution in [2.45, 2.75) is 6.92 Å². The molecule has 0 spiro atoms. The Morgan fingerprint density at radius 2 is 2.14 bits per heavy atom. The first-order valence-corrected chi connectivity index (χ1v) is 3.68. The predicted molar refractivity (Wildman–Crippen MR) is 46.3 cm³/mol. The normalized spacial score (nSPS) is 9.86. The summed E-state index contributed by atoms with van der Waals surface area (Å²) in [6.07, 6.45) is 0. The lowest BCUT2D eigenvalue weighted by atomic mass is 10.1. The minimum Gasteiger partial charge on any atom is -0.366 e. The number of benzene rings is 1. The molecule has 1 aromatic carbocycles. The lowest BCUT2D eigenvalue weighted by Gasteiger charge is -2.01. The predicted octanol–water partition coefficient (Wildman–Crippen LogP) is 1.14. The summed E-state index contributed by atoms with van der Waals surface area (Å²) in [6, 6.07) is 2.21. The molecule has 0 heterocycles. The average Bonchev–Trinajstić information content (AvgIpc) is 2.07. The van der Waals surface area contributed by atoms with Crippen LogP contribution in [-0.4, -0.2) is 10.8 Å². The number of nitro benzene ring substituents is 1. The quantitative estimate of drug-likeness (QED) is 0.571. The van der Waals surface area contributed by atoms with Crippen LogP contribution in [0, 0.1) is 22.9 Å². The molecule has 0 aromatic heterocycles. The lowest BCUT2D eigenvalue weighted by molar-refractivity contribution is -0.387. The van der Waals surface area contributed by atoms with E-state index in [0.29, 0.717) is 5.56 Å². The topological polar surface area (TPSA) is 86.2 Å². The van der Waals surface area contributed by atoms with Crippen LogP contribution < -0.4 is 5.73 Å². The Hall–Kier alpha value is -1.98. The standard InChI is InChI=1S/C8H7FN2O3/c1-4-2-5(8(10)12)7(9)6(3-4)11(13)14/h2-3H,1H3,(H2,10,12). The zero-order valence-electron chi connectivity index (χ0n) is 7.28. The van der Waals surface area contributed by atoms with Gasteiger partial charge in [-0.25, -0.2) is 0 Å². The van der Waals surface area contributed by atoms with Gasteiger partial charge < -0.3 is 5.73 Å². The van der Waals surface area contributed by atoms with E-state index in [1.54, 1.807) is 0 Å². The molecule has 0 saturated carbocycles. The molecule has 0 atom stereocenters. The Balaban J connectivity index is 3.47. The van der Waals surface area contributed by atoms with Gasteiger partial charge in [-0.05, 0) is 18.6 Å². The van der Waals surface area contributed by atoms with Crippen LogP contribution in [0.15, 0.2) is 12.1 Å². The van der Waals surface area contributed by atoms with E-state index in [2.05, 4.69) is 0 Å². The van der Waals surface area contributed by atoms with Gasteiger partial charge in [-0.1, -0.05) is 0 Å². The van der Waals surface area contributed by atoms with Crippen LogP contribution in [0.25, 0.3) is 0 Å². The third kappa shape index (κ3) is 1.68. The van der Waals surface area contributed by atoms with Gasteiger partial charge in [0.05, 0.1) is 10.5 Å². The molecule has 5 nitrogen and oxygen atoms in total. The summed E-state index contributed by atoms with van der Waals surface area (Å²) >= 11 is 0. The second kappa shape index (κ2) is 3.41. The molecule has 0 unspecified atom stereocenters. The number of nitro groups is 1. The summed E-state index contributed by atoms with van der Waals surface area (Å²) < 4.78 is 13.2. The van der Waals surface area contributed by atoms with Crippen molar-refractivity contribution in [3.05, 3.63) is 39.2 Å². The highest BCUT2D eigenvalue weighted by Crippen LogP contribution is 2.22. The van der Waals surface area contributed by atoms with Gasteiger partial charge in [0.15, 0.2) is 0 Å². The van der Waals surface area contributed by atoms with Gasteiger partial charge in [0, 0.05) is 6.07 Å². The van der Waals surface area contributed by atoms with Crippen LogP contribution in [0.2, 0.25) is 0 Å². The molecule has 2 N–H and O–H groups in total. The number of aryl methyl sites for hydroxylation is 1. The van der Waals surface area contributed by atoms with Crippen molar-refractivity contribution in [3.63, 3.8) is 0 Å². The molecular weight excluding hydrogens is 191 g/mol. The van der Waals surface area contributed by atoms with Gasteiger partial charge in [0.1, 0.15) is 0 Å². The lowest BCUT2D eigenvalue weighted by Crippen LogP contribution is -2.14. The fourth-order valence-electron chi connectivity index (χ4n) is 1.06. The van der Waals surface area contributed by atoms with Gasteiger partial charge in [0.25, 0.3) is 5.91 Å². The summed E-state index contributed by atoms with van der Waals surface area (Å²) in [5.74, 6) is -2.21. The summed E-state index contributed by atoms with van der Waals surface area (Å²) in [5, 5.41) is 10.4. The minimum atomic E-state index is -1.19. The largest absolute Gasteiger partial charge is 0.366 e. The van der Waals surface area contributed by atoms with Crippen molar-refractivity contribution in [3.8, 4) is 0 Å². The maximum atomic E-state index is 13.2. The number of carbonyl (C=O) groups is 1. The number of carbonyl (C=O) groups excluding carboxylic acids is 1. The molecule has 0 aliphatic rings. The van der Waals surface area contributed by atoms with Gasteiger partial charge in [-0.2, -0.15) is 4.39 Å². The van der Waals surface area contributed by atoms with Gasteiger partial charge in [-0.3, -0.25) is 14.9 Å². The molecule has 6 heteroatoms. The SMILES string of the molecule is Cc1cc(C(N)=O)c(F)c([N+](=O)[O-])c1. The number of amides is 1. The van der Waals surface area contributed by atoms with E-state index in [1.165, 1.54) is 13.0 Å². The van der Waals surface area contributed by atoms with Crippen LogP contribution >= 0.6 is 0 Å². The number of hydrogen-bond acceptors (Lipinski definition) is 3. The molecule has 0 radical (unpaired) electrons. The number of nitrogens with two attached hydrogens (primary N) is 1. The summed E-state index contributed by atoms with van der Waals surface area (Å²) in [4.78, 5) is 20.2. The third-order valence-corrected chi connectivity index (χ3v) is 1.66. The van der Waals surface area contributed by atoms with Gasteiger partial charge in [0.2, 0.25) is 5.82 Å². The zero-order chi connectivity index (χ0) is 10.9. The molecule has 0 bridgehead atoms. The van der Waals surface area contributed by atoms with Crippen molar-refractivity contribution in [2.24, 2.45) is 5.73 Å². The third-order valence-electron chi connectivity index (χ3n) is 1.66. The monoisotopic (exact) mass is 198 g/mol. The van der Waals surface area contributed by atoms with Crippen molar-refractivity contribution >= 4 is 11.6 Å². The van der Waals surface area contributed by atoms with Crippen LogP contribution in [0.5, 0.6) is 0 Å². The van der Waals surface area contributed by atoms with Crippen molar-refractivity contribution < 1.29 is 14.1 Å². The first-order valence-electron chi connectivity index (χ1n) is 3.68. The van der Waals surface area contributed by atoms with Gasteiger partial charge in [-0.15, -0.1) is 0 Å². The molecule has 0 fully saturated rings. The number of primary amides is 1. The molecule has 0 saturated heterocycles. The maximum absolute atomic E-state index is 13.2. The average molecular weight is 198 g/mol. The van der Waals surface area contributed by atoms with Crippen LogP contribution in [0.3, 0.4) is 0 Å². The maximum Gasteiger partial charge on any atom is 0.305 e. The molecular formula is C8H7FN2O3. The molecule has 14 heavy (non-hydrogen) atoms. The molecule has 0 aliphatic heterocycles. The fraction of sp³-hybridized carbons (Fsp3) is 0.125.